The molecule has 1 heterocycles. The number of ether oxygens (including phenoxy) is 1. The van der Waals surface area contributed by atoms with Crippen LogP contribution in [0.1, 0.15) is 5.69 Å². The number of aromatic nitrogens is 1. The van der Waals surface area contributed by atoms with Crippen LogP contribution in [-0.4, -0.2) is 18.6 Å². The number of pyridine rings is 1. The Bertz CT molecular complexity index is 312. The molecule has 0 aliphatic carbocycles. The second-order valence-corrected chi connectivity index (χ2v) is 2.77. The van der Waals surface area contributed by atoms with Crippen LogP contribution in [0.2, 0.25) is 5.02 Å². The first-order chi connectivity index (χ1) is 6.27. The number of nitrogens with two attached hydrogens (primary N) is 1. The average molecular weight is 199 g/mol. The monoisotopic (exact) mass is 198 g/mol. The summed E-state index contributed by atoms with van der Waals surface area (Å²) in [5.41, 5.74) is 6.09. The summed E-state index contributed by atoms with van der Waals surface area (Å²) in [6, 6.07) is 3.54. The second kappa shape index (κ2) is 4.84. The number of halogens is 1. The van der Waals surface area contributed by atoms with Crippen LogP contribution in [0.5, 0.6) is 5.88 Å². The second-order valence-electron chi connectivity index (χ2n) is 2.37. The Morgan fingerprint density at radius 3 is 3.00 bits per heavy atom. The highest BCUT2D eigenvalue weighted by atomic mass is 35.5. The fraction of sp³-hybridized carbons (Fsp3) is 0.222. The molecule has 0 bridgehead atoms. The number of methoxy groups -OCH3 is 1. The third-order valence-electron chi connectivity index (χ3n) is 1.45. The molecule has 13 heavy (non-hydrogen) atoms. The molecule has 1 rings (SSSR count). The highest BCUT2D eigenvalue weighted by Gasteiger charge is 2.00. The normalized spacial score (nSPS) is 10.7. The summed E-state index contributed by atoms with van der Waals surface area (Å²) in [5, 5.41) is 0.507. The van der Waals surface area contributed by atoms with E-state index in [-0.39, 0.29) is 0 Å². The summed E-state index contributed by atoms with van der Waals surface area (Å²) in [7, 11) is 1.53. The maximum atomic E-state index is 5.79. The zero-order valence-corrected chi connectivity index (χ0v) is 8.08. The molecule has 0 unspecified atom stereocenters. The van der Waals surface area contributed by atoms with Gasteiger partial charge in [-0.15, -0.1) is 0 Å². The molecule has 0 aromatic carbocycles. The Morgan fingerprint density at radius 2 is 2.38 bits per heavy atom. The van der Waals surface area contributed by atoms with Gasteiger partial charge in [0.05, 0.1) is 12.8 Å². The lowest BCUT2D eigenvalue weighted by Gasteiger charge is -2.01. The molecule has 0 saturated carbocycles. The summed E-state index contributed by atoms with van der Waals surface area (Å²) in [6.07, 6.45) is 3.63. The van der Waals surface area contributed by atoms with Gasteiger partial charge in [-0.05, 0) is 18.2 Å². The van der Waals surface area contributed by atoms with Gasteiger partial charge in [-0.2, -0.15) is 0 Å². The van der Waals surface area contributed by atoms with Crippen LogP contribution < -0.4 is 10.5 Å². The highest BCUT2D eigenvalue weighted by molar-refractivity contribution is 6.31. The van der Waals surface area contributed by atoms with Gasteiger partial charge in [-0.1, -0.05) is 17.7 Å². The first-order valence-electron chi connectivity index (χ1n) is 3.85. The van der Waals surface area contributed by atoms with Crippen molar-refractivity contribution in [1.82, 2.24) is 4.98 Å². The van der Waals surface area contributed by atoms with Crippen LogP contribution >= 0.6 is 11.6 Å². The van der Waals surface area contributed by atoms with Crippen molar-refractivity contribution in [2.75, 3.05) is 13.7 Å². The van der Waals surface area contributed by atoms with Crippen molar-refractivity contribution in [3.8, 4) is 5.88 Å². The fourth-order valence-electron chi connectivity index (χ4n) is 0.863. The summed E-state index contributed by atoms with van der Waals surface area (Å²) >= 11 is 5.79. The van der Waals surface area contributed by atoms with Gasteiger partial charge >= 0.3 is 0 Å². The van der Waals surface area contributed by atoms with Crippen molar-refractivity contribution < 1.29 is 4.74 Å². The van der Waals surface area contributed by atoms with Crippen molar-refractivity contribution >= 4 is 17.7 Å². The first-order valence-corrected chi connectivity index (χ1v) is 4.23. The molecule has 0 aliphatic heterocycles. The number of rotatable bonds is 3. The van der Waals surface area contributed by atoms with E-state index in [4.69, 9.17) is 22.1 Å². The topological polar surface area (TPSA) is 48.1 Å². The smallest absolute Gasteiger partial charge is 0.232 e. The third-order valence-corrected chi connectivity index (χ3v) is 1.74. The van der Waals surface area contributed by atoms with Crippen LogP contribution in [0.4, 0.5) is 0 Å². The molecule has 1 aromatic heterocycles. The maximum Gasteiger partial charge on any atom is 0.232 e. The minimum absolute atomic E-state index is 0.431. The van der Waals surface area contributed by atoms with E-state index in [1.54, 1.807) is 12.1 Å². The predicted octanol–water partition coefficient (Wildman–Crippen LogP) is 1.72. The molecule has 4 heteroatoms. The van der Waals surface area contributed by atoms with E-state index in [1.165, 1.54) is 7.11 Å². The van der Waals surface area contributed by atoms with Gasteiger partial charge < -0.3 is 10.5 Å². The Kier molecular flexibility index (Phi) is 3.73. The zero-order chi connectivity index (χ0) is 9.68. The quantitative estimate of drug-likeness (QED) is 0.805. The van der Waals surface area contributed by atoms with Gasteiger partial charge in [0.15, 0.2) is 0 Å². The fourth-order valence-corrected chi connectivity index (χ4v) is 1.04. The van der Waals surface area contributed by atoms with Crippen molar-refractivity contribution in [3.63, 3.8) is 0 Å². The molecule has 0 radical (unpaired) electrons. The van der Waals surface area contributed by atoms with E-state index in [9.17, 15) is 0 Å². The Morgan fingerprint density at radius 1 is 1.62 bits per heavy atom. The van der Waals surface area contributed by atoms with Crippen LogP contribution in [0.25, 0.3) is 6.08 Å². The van der Waals surface area contributed by atoms with E-state index in [2.05, 4.69) is 4.98 Å². The van der Waals surface area contributed by atoms with Crippen LogP contribution in [-0.2, 0) is 0 Å². The maximum absolute atomic E-state index is 5.79. The Labute approximate surface area is 82.2 Å². The molecular formula is C9H11ClN2O. The molecule has 1 aromatic rings. The standard InChI is InChI=1S/C9H11ClN2O/c1-13-9-8(10)5-4-7(12-9)3-2-6-11/h2-5H,6,11H2,1H3. The molecule has 3 nitrogen and oxygen atoms in total. The van der Waals surface area contributed by atoms with Crippen molar-refractivity contribution in [3.05, 3.63) is 28.9 Å². The molecule has 70 valence electrons. The zero-order valence-electron chi connectivity index (χ0n) is 7.33. The molecule has 0 fully saturated rings. The molecule has 0 spiro atoms. The minimum atomic E-state index is 0.431. The van der Waals surface area contributed by atoms with Gasteiger partial charge in [-0.3, -0.25) is 0 Å². The molecule has 0 atom stereocenters. The van der Waals surface area contributed by atoms with E-state index in [1.807, 2.05) is 12.2 Å². The lowest BCUT2D eigenvalue weighted by Crippen LogP contribution is -1.93. The van der Waals surface area contributed by atoms with Crippen molar-refractivity contribution in [1.29, 1.82) is 0 Å². The lowest BCUT2D eigenvalue weighted by atomic mass is 10.3. The van der Waals surface area contributed by atoms with E-state index in [0.29, 0.717) is 17.4 Å². The summed E-state index contributed by atoms with van der Waals surface area (Å²) in [5.74, 6) is 0.431. The van der Waals surface area contributed by atoms with Gasteiger partial charge in [0.25, 0.3) is 0 Å². The average Bonchev–Trinajstić information content (AvgIpc) is 2.16. The summed E-state index contributed by atoms with van der Waals surface area (Å²) in [6.45, 7) is 0.493. The van der Waals surface area contributed by atoms with Gasteiger partial charge in [0, 0.05) is 6.54 Å². The molecule has 2 N–H and O–H groups in total. The van der Waals surface area contributed by atoms with Gasteiger partial charge in [0.1, 0.15) is 5.02 Å². The summed E-state index contributed by atoms with van der Waals surface area (Å²) in [4.78, 5) is 4.13. The minimum Gasteiger partial charge on any atom is -0.480 e. The van der Waals surface area contributed by atoms with Gasteiger partial charge in [0.2, 0.25) is 5.88 Å². The van der Waals surface area contributed by atoms with Crippen LogP contribution in [0.15, 0.2) is 18.2 Å². The Hall–Kier alpha value is -1.06. The van der Waals surface area contributed by atoms with Crippen LogP contribution in [0, 0.1) is 0 Å². The molecule has 0 aliphatic rings. The number of hydrogen-bond acceptors (Lipinski definition) is 3. The van der Waals surface area contributed by atoms with E-state index in [0.717, 1.165) is 5.69 Å². The van der Waals surface area contributed by atoms with Crippen LogP contribution in [0.3, 0.4) is 0 Å². The summed E-state index contributed by atoms with van der Waals surface area (Å²) < 4.78 is 4.96. The molecular weight excluding hydrogens is 188 g/mol. The molecule has 0 saturated heterocycles. The lowest BCUT2D eigenvalue weighted by molar-refractivity contribution is 0.398. The predicted molar refractivity (Wildman–Crippen MR) is 53.9 cm³/mol. The SMILES string of the molecule is COc1nc(C=CCN)ccc1Cl. The first kappa shape index (κ1) is 10.0. The third kappa shape index (κ3) is 2.72. The van der Waals surface area contributed by atoms with Gasteiger partial charge in [-0.25, -0.2) is 4.98 Å². The Balaban J connectivity index is 2.92. The largest absolute Gasteiger partial charge is 0.480 e. The number of nitrogens with zero attached hydrogens (tertiary/aromatic N) is 1. The molecule has 0 amide bonds. The highest BCUT2D eigenvalue weighted by Crippen LogP contribution is 2.21. The number of hydrogen-bond donors (Lipinski definition) is 1. The van der Waals surface area contributed by atoms with Crippen molar-refractivity contribution in [2.45, 2.75) is 0 Å². The van der Waals surface area contributed by atoms with E-state index >= 15 is 0 Å². The van der Waals surface area contributed by atoms with E-state index < -0.39 is 0 Å². The van der Waals surface area contributed by atoms with Crippen molar-refractivity contribution in [2.24, 2.45) is 5.73 Å².